The summed E-state index contributed by atoms with van der Waals surface area (Å²) in [5, 5.41) is 3.43. The number of hydrogen-bond donors (Lipinski definition) is 1. The van der Waals surface area contributed by atoms with Gasteiger partial charge < -0.3 is 5.32 Å². The predicted octanol–water partition coefficient (Wildman–Crippen LogP) is 2.49. The van der Waals surface area contributed by atoms with E-state index < -0.39 is 0 Å². The smallest absolute Gasteiger partial charge is 0.0348 e. The van der Waals surface area contributed by atoms with Crippen LogP contribution in [0.5, 0.6) is 0 Å². The first kappa shape index (κ1) is 12.4. The second-order valence-corrected chi connectivity index (χ2v) is 5.93. The van der Waals surface area contributed by atoms with Crippen molar-refractivity contribution in [2.24, 2.45) is 11.8 Å². The first-order valence-electron chi connectivity index (χ1n) is 7.20. The Morgan fingerprint density at radius 2 is 1.75 bits per heavy atom. The molecule has 0 spiro atoms. The number of nitrogens with zero attached hydrogens (tertiary/aromatic N) is 1. The molecule has 16 heavy (non-hydrogen) atoms. The largest absolute Gasteiger partial charge is 0.314 e. The quantitative estimate of drug-likeness (QED) is 0.789. The van der Waals surface area contributed by atoms with Crippen LogP contribution < -0.4 is 5.32 Å². The van der Waals surface area contributed by atoms with Gasteiger partial charge in [0, 0.05) is 25.2 Å². The standard InChI is InChI=1S/C14H28N2/c1-4-8-16(13-9-15-10-13)14-11(2)6-5-7-12(14)3/h11-15H,4-10H2,1-3H3. The van der Waals surface area contributed by atoms with Crippen molar-refractivity contribution in [2.45, 2.75) is 58.5 Å². The SMILES string of the molecule is CCCN(C1CNC1)C1C(C)CCCC1C. The summed E-state index contributed by atoms with van der Waals surface area (Å²) in [6.45, 7) is 11.0. The van der Waals surface area contributed by atoms with Crippen LogP contribution in [0, 0.1) is 11.8 Å². The summed E-state index contributed by atoms with van der Waals surface area (Å²) in [6, 6.07) is 1.67. The van der Waals surface area contributed by atoms with E-state index in [-0.39, 0.29) is 0 Å². The first-order chi connectivity index (χ1) is 7.74. The van der Waals surface area contributed by atoms with Crippen molar-refractivity contribution < 1.29 is 0 Å². The fraction of sp³-hybridized carbons (Fsp3) is 1.00. The predicted molar refractivity (Wildman–Crippen MR) is 69.6 cm³/mol. The zero-order chi connectivity index (χ0) is 11.5. The van der Waals surface area contributed by atoms with Crippen LogP contribution in [-0.4, -0.2) is 36.6 Å². The molecule has 2 nitrogen and oxygen atoms in total. The van der Waals surface area contributed by atoms with Crippen molar-refractivity contribution >= 4 is 0 Å². The van der Waals surface area contributed by atoms with Crippen molar-refractivity contribution in [2.75, 3.05) is 19.6 Å². The molecule has 2 heteroatoms. The number of nitrogens with one attached hydrogen (secondary N) is 1. The normalized spacial score (nSPS) is 36.4. The summed E-state index contributed by atoms with van der Waals surface area (Å²) in [4.78, 5) is 2.82. The molecule has 2 fully saturated rings. The van der Waals surface area contributed by atoms with Crippen LogP contribution >= 0.6 is 0 Å². The Hall–Kier alpha value is -0.0800. The van der Waals surface area contributed by atoms with E-state index in [0.717, 1.165) is 23.9 Å². The topological polar surface area (TPSA) is 15.3 Å². The maximum atomic E-state index is 3.43. The van der Waals surface area contributed by atoms with E-state index in [2.05, 4.69) is 31.0 Å². The minimum atomic E-state index is 0.827. The van der Waals surface area contributed by atoms with Gasteiger partial charge in [0.15, 0.2) is 0 Å². The van der Waals surface area contributed by atoms with Gasteiger partial charge in [-0.2, -0.15) is 0 Å². The van der Waals surface area contributed by atoms with Crippen LogP contribution in [0.15, 0.2) is 0 Å². The van der Waals surface area contributed by atoms with Crippen LogP contribution in [0.25, 0.3) is 0 Å². The molecule has 2 rings (SSSR count). The zero-order valence-corrected chi connectivity index (χ0v) is 11.2. The van der Waals surface area contributed by atoms with E-state index in [9.17, 15) is 0 Å². The van der Waals surface area contributed by atoms with Crippen molar-refractivity contribution in [3.05, 3.63) is 0 Å². The lowest BCUT2D eigenvalue weighted by atomic mass is 9.77. The molecule has 2 aliphatic rings. The molecule has 2 atom stereocenters. The van der Waals surface area contributed by atoms with Gasteiger partial charge in [-0.15, -0.1) is 0 Å². The summed E-state index contributed by atoms with van der Waals surface area (Å²) in [7, 11) is 0. The summed E-state index contributed by atoms with van der Waals surface area (Å²) in [5.41, 5.74) is 0. The molecule has 1 aliphatic carbocycles. The molecule has 0 aromatic carbocycles. The van der Waals surface area contributed by atoms with Crippen LogP contribution in [0.2, 0.25) is 0 Å². The molecule has 2 unspecified atom stereocenters. The van der Waals surface area contributed by atoms with E-state index in [1.54, 1.807) is 0 Å². The van der Waals surface area contributed by atoms with Crippen molar-refractivity contribution in [1.29, 1.82) is 0 Å². The molecule has 0 aromatic heterocycles. The molecular weight excluding hydrogens is 196 g/mol. The minimum absolute atomic E-state index is 0.827. The van der Waals surface area contributed by atoms with Gasteiger partial charge in [-0.05, 0) is 37.6 Å². The van der Waals surface area contributed by atoms with Crippen molar-refractivity contribution in [3.63, 3.8) is 0 Å². The third kappa shape index (κ3) is 2.43. The summed E-state index contributed by atoms with van der Waals surface area (Å²) in [6.07, 6.45) is 5.62. The first-order valence-corrected chi connectivity index (χ1v) is 7.20. The molecule has 1 aliphatic heterocycles. The van der Waals surface area contributed by atoms with Gasteiger partial charge in [0.25, 0.3) is 0 Å². The third-order valence-electron chi connectivity index (χ3n) is 4.58. The molecule has 0 aromatic rings. The molecule has 1 saturated carbocycles. The van der Waals surface area contributed by atoms with Gasteiger partial charge in [-0.25, -0.2) is 0 Å². The van der Waals surface area contributed by atoms with E-state index >= 15 is 0 Å². The summed E-state index contributed by atoms with van der Waals surface area (Å²) < 4.78 is 0. The maximum absolute atomic E-state index is 3.43. The highest BCUT2D eigenvalue weighted by Gasteiger charge is 2.37. The second kappa shape index (κ2) is 5.50. The lowest BCUT2D eigenvalue weighted by Gasteiger charge is -2.49. The van der Waals surface area contributed by atoms with Gasteiger partial charge >= 0.3 is 0 Å². The summed E-state index contributed by atoms with van der Waals surface area (Å²) in [5.74, 6) is 1.80. The molecular formula is C14H28N2. The molecule has 1 heterocycles. The van der Waals surface area contributed by atoms with Crippen molar-refractivity contribution in [1.82, 2.24) is 10.2 Å². The van der Waals surface area contributed by atoms with Gasteiger partial charge in [0.05, 0.1) is 0 Å². The van der Waals surface area contributed by atoms with Gasteiger partial charge in [0.2, 0.25) is 0 Å². The molecule has 0 bridgehead atoms. The van der Waals surface area contributed by atoms with Crippen molar-refractivity contribution in [3.8, 4) is 0 Å². The van der Waals surface area contributed by atoms with Crippen LogP contribution in [-0.2, 0) is 0 Å². The Kier molecular flexibility index (Phi) is 4.26. The van der Waals surface area contributed by atoms with E-state index in [1.165, 1.54) is 45.3 Å². The highest BCUT2D eigenvalue weighted by atomic mass is 15.3. The lowest BCUT2D eigenvalue weighted by molar-refractivity contribution is 0.0156. The average Bonchev–Trinajstić information content (AvgIpc) is 2.14. The third-order valence-corrected chi connectivity index (χ3v) is 4.58. The molecule has 0 radical (unpaired) electrons. The number of rotatable bonds is 4. The fourth-order valence-corrected chi connectivity index (χ4v) is 3.66. The van der Waals surface area contributed by atoms with E-state index in [4.69, 9.17) is 0 Å². The zero-order valence-electron chi connectivity index (χ0n) is 11.2. The van der Waals surface area contributed by atoms with Crippen LogP contribution in [0.3, 0.4) is 0 Å². The second-order valence-electron chi connectivity index (χ2n) is 5.93. The van der Waals surface area contributed by atoms with Crippen LogP contribution in [0.4, 0.5) is 0 Å². The highest BCUT2D eigenvalue weighted by molar-refractivity contribution is 4.93. The lowest BCUT2D eigenvalue weighted by Crippen LogP contribution is -2.62. The Morgan fingerprint density at radius 1 is 1.12 bits per heavy atom. The minimum Gasteiger partial charge on any atom is -0.314 e. The molecule has 0 amide bonds. The van der Waals surface area contributed by atoms with Crippen LogP contribution in [0.1, 0.15) is 46.5 Å². The van der Waals surface area contributed by atoms with Gasteiger partial charge in [-0.1, -0.05) is 27.2 Å². The van der Waals surface area contributed by atoms with E-state index in [0.29, 0.717) is 0 Å². The molecule has 1 N–H and O–H groups in total. The Labute approximate surface area is 101 Å². The van der Waals surface area contributed by atoms with Gasteiger partial charge in [0.1, 0.15) is 0 Å². The maximum Gasteiger partial charge on any atom is 0.0348 e. The summed E-state index contributed by atoms with van der Waals surface area (Å²) >= 11 is 0. The molecule has 94 valence electrons. The van der Waals surface area contributed by atoms with E-state index in [1.807, 2.05) is 0 Å². The number of hydrogen-bond acceptors (Lipinski definition) is 2. The van der Waals surface area contributed by atoms with Gasteiger partial charge in [-0.3, -0.25) is 4.90 Å². The monoisotopic (exact) mass is 224 g/mol. The Balaban J connectivity index is 2.03. The highest BCUT2D eigenvalue weighted by Crippen LogP contribution is 2.34. The Bertz CT molecular complexity index is 203. The average molecular weight is 224 g/mol. The molecule has 1 saturated heterocycles. The fourth-order valence-electron chi connectivity index (χ4n) is 3.66. The Morgan fingerprint density at radius 3 is 2.19 bits per heavy atom.